The lowest BCUT2D eigenvalue weighted by Gasteiger charge is -2.04. The number of hydrogen-bond acceptors (Lipinski definition) is 4. The van der Waals surface area contributed by atoms with E-state index in [1.54, 1.807) is 18.4 Å². The van der Waals surface area contributed by atoms with Crippen molar-refractivity contribution in [2.75, 3.05) is 33.5 Å². The van der Waals surface area contributed by atoms with Gasteiger partial charge >= 0.3 is 0 Å². The minimum Gasteiger partial charge on any atom is -0.385 e. The van der Waals surface area contributed by atoms with Gasteiger partial charge in [0.25, 0.3) is 0 Å². The molecule has 0 saturated carbocycles. The molecule has 0 aliphatic carbocycles. The molecule has 1 rings (SSSR count). The summed E-state index contributed by atoms with van der Waals surface area (Å²) < 4.78 is 10.3. The molecule has 0 bridgehead atoms. The minimum atomic E-state index is 0.773. The van der Waals surface area contributed by atoms with Gasteiger partial charge in [-0.25, -0.2) is 0 Å². The average Bonchev–Trinajstić information content (AvgIpc) is 2.75. The summed E-state index contributed by atoms with van der Waals surface area (Å²) in [5.41, 5.74) is 0. The first-order valence-electron chi connectivity index (χ1n) is 5.23. The topological polar surface area (TPSA) is 30.5 Å². The normalized spacial score (nSPS) is 10.7. The van der Waals surface area contributed by atoms with Crippen molar-refractivity contribution in [3.8, 4) is 0 Å². The van der Waals surface area contributed by atoms with Crippen molar-refractivity contribution in [1.82, 2.24) is 5.32 Å². The third kappa shape index (κ3) is 6.62. The molecule has 86 valence electrons. The molecule has 3 nitrogen and oxygen atoms in total. The zero-order chi connectivity index (χ0) is 10.8. The summed E-state index contributed by atoms with van der Waals surface area (Å²) in [7, 11) is 1.71. The maximum atomic E-state index is 5.42. The Hall–Kier alpha value is -0.420. The lowest BCUT2D eigenvalue weighted by atomic mass is 10.4. The Morgan fingerprint density at radius 1 is 1.33 bits per heavy atom. The van der Waals surface area contributed by atoms with Crippen LogP contribution in [0.2, 0.25) is 0 Å². The summed E-state index contributed by atoms with van der Waals surface area (Å²) >= 11 is 1.78. The summed E-state index contributed by atoms with van der Waals surface area (Å²) in [6.45, 7) is 4.19. The Kier molecular flexibility index (Phi) is 7.47. The zero-order valence-electron chi connectivity index (χ0n) is 9.20. The SMILES string of the molecule is COCCCOCCNCc1cccs1. The fourth-order valence-corrected chi connectivity index (χ4v) is 1.85. The van der Waals surface area contributed by atoms with Crippen LogP contribution in [0.3, 0.4) is 0 Å². The highest BCUT2D eigenvalue weighted by molar-refractivity contribution is 7.09. The average molecular weight is 229 g/mol. The molecule has 0 fully saturated rings. The smallest absolute Gasteiger partial charge is 0.0591 e. The highest BCUT2D eigenvalue weighted by atomic mass is 32.1. The molecule has 0 unspecified atom stereocenters. The van der Waals surface area contributed by atoms with Gasteiger partial charge in [0, 0.05) is 38.3 Å². The molecule has 0 spiro atoms. The maximum Gasteiger partial charge on any atom is 0.0591 e. The Morgan fingerprint density at radius 2 is 2.27 bits per heavy atom. The van der Waals surface area contributed by atoms with Gasteiger partial charge in [-0.3, -0.25) is 0 Å². The third-order valence-electron chi connectivity index (χ3n) is 1.94. The monoisotopic (exact) mass is 229 g/mol. The standard InChI is InChI=1S/C11H19NO2S/c1-13-6-3-7-14-8-5-12-10-11-4-2-9-15-11/h2,4,9,12H,3,5-8,10H2,1H3. The first-order chi connectivity index (χ1) is 7.43. The second-order valence-corrected chi connectivity index (χ2v) is 4.25. The Morgan fingerprint density at radius 3 is 3.00 bits per heavy atom. The van der Waals surface area contributed by atoms with Crippen molar-refractivity contribution in [3.05, 3.63) is 22.4 Å². The van der Waals surface area contributed by atoms with Crippen LogP contribution in [0.4, 0.5) is 0 Å². The quantitative estimate of drug-likeness (QED) is 0.656. The van der Waals surface area contributed by atoms with Gasteiger partial charge in [-0.05, 0) is 17.9 Å². The highest BCUT2D eigenvalue weighted by Crippen LogP contribution is 2.06. The number of thiophene rings is 1. The summed E-state index contributed by atoms with van der Waals surface area (Å²) in [6.07, 6.45) is 0.974. The van der Waals surface area contributed by atoms with Crippen LogP contribution in [0.15, 0.2) is 17.5 Å². The first kappa shape index (κ1) is 12.6. The number of nitrogens with one attached hydrogen (secondary N) is 1. The van der Waals surface area contributed by atoms with Gasteiger partial charge in [-0.2, -0.15) is 0 Å². The number of methoxy groups -OCH3 is 1. The molecule has 0 aliphatic rings. The maximum absolute atomic E-state index is 5.42. The summed E-state index contributed by atoms with van der Waals surface area (Å²) in [5.74, 6) is 0. The van der Waals surface area contributed by atoms with Crippen LogP contribution in [-0.2, 0) is 16.0 Å². The van der Waals surface area contributed by atoms with Crippen molar-refractivity contribution in [2.24, 2.45) is 0 Å². The van der Waals surface area contributed by atoms with Crippen LogP contribution in [0.5, 0.6) is 0 Å². The molecule has 15 heavy (non-hydrogen) atoms. The van der Waals surface area contributed by atoms with Gasteiger partial charge < -0.3 is 14.8 Å². The van der Waals surface area contributed by atoms with Crippen molar-refractivity contribution >= 4 is 11.3 Å². The van der Waals surface area contributed by atoms with E-state index in [-0.39, 0.29) is 0 Å². The van der Waals surface area contributed by atoms with E-state index in [9.17, 15) is 0 Å². The second kappa shape index (κ2) is 8.85. The second-order valence-electron chi connectivity index (χ2n) is 3.21. The van der Waals surface area contributed by atoms with Crippen molar-refractivity contribution in [3.63, 3.8) is 0 Å². The highest BCUT2D eigenvalue weighted by Gasteiger charge is 1.92. The lowest BCUT2D eigenvalue weighted by molar-refractivity contribution is 0.104. The van der Waals surface area contributed by atoms with Crippen LogP contribution < -0.4 is 5.32 Å². The molecular formula is C11H19NO2S. The van der Waals surface area contributed by atoms with Gasteiger partial charge in [0.1, 0.15) is 0 Å². The molecule has 0 aliphatic heterocycles. The predicted octanol–water partition coefficient (Wildman–Crippen LogP) is 1.89. The minimum absolute atomic E-state index is 0.773. The van der Waals surface area contributed by atoms with Crippen LogP contribution in [0.1, 0.15) is 11.3 Å². The summed E-state index contributed by atoms with van der Waals surface area (Å²) in [5, 5.41) is 5.43. The van der Waals surface area contributed by atoms with E-state index in [1.807, 2.05) is 0 Å². The fraction of sp³-hybridized carbons (Fsp3) is 0.636. The van der Waals surface area contributed by atoms with E-state index >= 15 is 0 Å². The molecule has 1 aromatic rings. The number of hydrogen-bond donors (Lipinski definition) is 1. The van der Waals surface area contributed by atoms with E-state index in [1.165, 1.54) is 4.88 Å². The first-order valence-corrected chi connectivity index (χ1v) is 6.11. The molecule has 0 atom stereocenters. The van der Waals surface area contributed by atoms with Crippen LogP contribution in [-0.4, -0.2) is 33.5 Å². The van der Waals surface area contributed by atoms with Crippen LogP contribution in [0, 0.1) is 0 Å². The number of rotatable bonds is 9. The van der Waals surface area contributed by atoms with Crippen LogP contribution in [0.25, 0.3) is 0 Å². The summed E-state index contributed by atoms with van der Waals surface area (Å²) in [6, 6.07) is 4.21. The Bertz CT molecular complexity index is 227. The summed E-state index contributed by atoms with van der Waals surface area (Å²) in [4.78, 5) is 1.37. The van der Waals surface area contributed by atoms with E-state index in [0.29, 0.717) is 0 Å². The zero-order valence-corrected chi connectivity index (χ0v) is 10.0. The largest absolute Gasteiger partial charge is 0.385 e. The molecule has 0 saturated heterocycles. The van der Waals surface area contributed by atoms with Gasteiger partial charge in [0.05, 0.1) is 6.61 Å². The molecule has 0 aromatic carbocycles. The molecule has 4 heteroatoms. The van der Waals surface area contributed by atoms with Gasteiger partial charge in [0.2, 0.25) is 0 Å². The molecule has 1 heterocycles. The van der Waals surface area contributed by atoms with Crippen molar-refractivity contribution < 1.29 is 9.47 Å². The molecular weight excluding hydrogens is 210 g/mol. The fourth-order valence-electron chi connectivity index (χ4n) is 1.18. The van der Waals surface area contributed by atoms with E-state index < -0.39 is 0 Å². The third-order valence-corrected chi connectivity index (χ3v) is 2.82. The van der Waals surface area contributed by atoms with Crippen LogP contribution >= 0.6 is 11.3 Å². The van der Waals surface area contributed by atoms with E-state index in [2.05, 4.69) is 22.8 Å². The van der Waals surface area contributed by atoms with Gasteiger partial charge in [0.15, 0.2) is 0 Å². The van der Waals surface area contributed by atoms with Crippen molar-refractivity contribution in [2.45, 2.75) is 13.0 Å². The van der Waals surface area contributed by atoms with Gasteiger partial charge in [-0.1, -0.05) is 6.07 Å². The lowest BCUT2D eigenvalue weighted by Crippen LogP contribution is -2.19. The van der Waals surface area contributed by atoms with E-state index in [4.69, 9.17) is 9.47 Å². The molecule has 0 radical (unpaired) electrons. The van der Waals surface area contributed by atoms with Crippen molar-refractivity contribution in [1.29, 1.82) is 0 Å². The Balaban J connectivity index is 1.81. The molecule has 0 amide bonds. The van der Waals surface area contributed by atoms with Gasteiger partial charge in [-0.15, -0.1) is 11.3 Å². The molecule has 1 N–H and O–H groups in total. The Labute approximate surface area is 95.4 Å². The predicted molar refractivity (Wildman–Crippen MR) is 63.3 cm³/mol. The molecule has 1 aromatic heterocycles. The van der Waals surface area contributed by atoms with E-state index in [0.717, 1.165) is 39.3 Å². The number of ether oxygens (including phenoxy) is 2.